The predicted molar refractivity (Wildman–Crippen MR) is 33.8 cm³/mol. The molecule has 0 saturated carbocycles. The van der Waals surface area contributed by atoms with E-state index in [-0.39, 0.29) is 0 Å². The molecule has 0 aromatic rings. The van der Waals surface area contributed by atoms with Gasteiger partial charge in [-0.2, -0.15) is 0 Å². The summed E-state index contributed by atoms with van der Waals surface area (Å²) in [5.41, 5.74) is 0.912. The van der Waals surface area contributed by atoms with Gasteiger partial charge in [0.2, 0.25) is 0 Å². The van der Waals surface area contributed by atoms with Crippen LogP contribution < -0.4 is 0 Å². The molecule has 1 heteroatoms. The lowest BCUT2D eigenvalue weighted by Crippen LogP contribution is -1.77. The van der Waals surface area contributed by atoms with Crippen molar-refractivity contribution in [1.82, 2.24) is 0 Å². The highest BCUT2D eigenvalue weighted by Gasteiger charge is 1.76. The monoisotopic (exact) mass is 95.1 g/mol. The van der Waals surface area contributed by atoms with Crippen LogP contribution in [-0.2, 0) is 0 Å². The number of hydrogen-bond donors (Lipinski definition) is 0. The fourth-order valence-electron chi connectivity index (χ4n) is 0.208. The van der Waals surface area contributed by atoms with Crippen LogP contribution in [0.15, 0.2) is 29.8 Å². The van der Waals surface area contributed by atoms with Crippen molar-refractivity contribution in [3.05, 3.63) is 24.8 Å². The predicted octanol–water partition coefficient (Wildman–Crippen LogP) is 1.43. The molecule has 0 aliphatic rings. The van der Waals surface area contributed by atoms with Gasteiger partial charge in [0.05, 0.1) is 6.54 Å². The van der Waals surface area contributed by atoms with Gasteiger partial charge in [0.25, 0.3) is 0 Å². The minimum absolute atomic E-state index is 0.601. The van der Waals surface area contributed by atoms with Crippen molar-refractivity contribution in [2.75, 3.05) is 6.54 Å². The second kappa shape index (κ2) is 3.34. The van der Waals surface area contributed by atoms with Crippen molar-refractivity contribution in [2.24, 2.45) is 4.99 Å². The molecule has 0 saturated heterocycles. The van der Waals surface area contributed by atoms with Crippen LogP contribution in [0.4, 0.5) is 0 Å². The lowest BCUT2D eigenvalue weighted by atomic mass is 10.3. The van der Waals surface area contributed by atoms with Gasteiger partial charge in [0.1, 0.15) is 0 Å². The first-order chi connectivity index (χ1) is 3.31. The molecule has 0 aliphatic carbocycles. The Hall–Kier alpha value is -0.850. The van der Waals surface area contributed by atoms with E-state index >= 15 is 0 Å². The lowest BCUT2D eigenvalue weighted by Gasteiger charge is -1.86. The Morgan fingerprint density at radius 3 is 2.43 bits per heavy atom. The van der Waals surface area contributed by atoms with Crippen LogP contribution in [0.25, 0.3) is 0 Å². The number of rotatable bonds is 3. The van der Waals surface area contributed by atoms with Crippen molar-refractivity contribution in [3.63, 3.8) is 0 Å². The second-order valence-corrected chi connectivity index (χ2v) is 1.24. The third-order valence-electron chi connectivity index (χ3n) is 0.604. The second-order valence-electron chi connectivity index (χ2n) is 1.24. The molecule has 7 heavy (non-hydrogen) atoms. The van der Waals surface area contributed by atoms with Gasteiger partial charge in [-0.3, -0.25) is 4.99 Å². The van der Waals surface area contributed by atoms with E-state index in [0.717, 1.165) is 5.57 Å². The highest BCUT2D eigenvalue weighted by molar-refractivity contribution is 5.26. The molecule has 0 fully saturated rings. The Morgan fingerprint density at radius 2 is 2.29 bits per heavy atom. The summed E-state index contributed by atoms with van der Waals surface area (Å²) in [5.74, 6) is 0. The molecule has 0 bridgehead atoms. The van der Waals surface area contributed by atoms with E-state index in [1.165, 1.54) is 0 Å². The van der Waals surface area contributed by atoms with Crippen LogP contribution in [0.5, 0.6) is 0 Å². The molecular formula is C6H9N. The summed E-state index contributed by atoms with van der Waals surface area (Å²) in [7, 11) is 0. The normalized spacial score (nSPS) is 7.43. The highest BCUT2D eigenvalue weighted by atomic mass is 14.7. The minimum atomic E-state index is 0.601. The maximum Gasteiger partial charge on any atom is 0.0626 e. The summed E-state index contributed by atoms with van der Waals surface area (Å²) in [6, 6.07) is 0. The summed E-state index contributed by atoms with van der Waals surface area (Å²) in [6.07, 6.45) is 1.68. The SMILES string of the molecule is C=CC(=C)CN=C. The fourth-order valence-corrected chi connectivity index (χ4v) is 0.208. The molecule has 0 radical (unpaired) electrons. The Bertz CT molecular complexity index is 92.4. The van der Waals surface area contributed by atoms with Crippen LogP contribution in [0.3, 0.4) is 0 Å². The van der Waals surface area contributed by atoms with Gasteiger partial charge in [-0.25, -0.2) is 0 Å². The van der Waals surface area contributed by atoms with Crippen LogP contribution in [0.2, 0.25) is 0 Å². The van der Waals surface area contributed by atoms with Gasteiger partial charge in [-0.05, 0) is 12.3 Å². The van der Waals surface area contributed by atoms with E-state index in [4.69, 9.17) is 0 Å². The average molecular weight is 95.1 g/mol. The van der Waals surface area contributed by atoms with E-state index in [0.29, 0.717) is 6.54 Å². The molecule has 0 aromatic carbocycles. The first-order valence-electron chi connectivity index (χ1n) is 2.04. The molecular weight excluding hydrogens is 86.1 g/mol. The van der Waals surface area contributed by atoms with Crippen LogP contribution in [-0.4, -0.2) is 13.3 Å². The lowest BCUT2D eigenvalue weighted by molar-refractivity contribution is 1.21. The quantitative estimate of drug-likeness (QED) is 0.371. The topological polar surface area (TPSA) is 12.4 Å². The van der Waals surface area contributed by atoms with Gasteiger partial charge >= 0.3 is 0 Å². The van der Waals surface area contributed by atoms with Crippen molar-refractivity contribution < 1.29 is 0 Å². The average Bonchev–Trinajstić information content (AvgIpc) is 1.68. The molecule has 0 unspecified atom stereocenters. The zero-order valence-corrected chi connectivity index (χ0v) is 4.35. The minimum Gasteiger partial charge on any atom is -0.296 e. The van der Waals surface area contributed by atoms with Crippen LogP contribution in [0.1, 0.15) is 0 Å². The standard InChI is InChI=1S/C6H9N/c1-4-6(2)5-7-3/h4H,1-3,5H2. The van der Waals surface area contributed by atoms with Crippen molar-refractivity contribution >= 4 is 6.72 Å². The highest BCUT2D eigenvalue weighted by Crippen LogP contribution is 1.87. The third kappa shape index (κ3) is 2.97. The zero-order chi connectivity index (χ0) is 5.70. The van der Waals surface area contributed by atoms with Gasteiger partial charge in [0.15, 0.2) is 0 Å². The van der Waals surface area contributed by atoms with Gasteiger partial charge < -0.3 is 0 Å². The van der Waals surface area contributed by atoms with Crippen LogP contribution >= 0.6 is 0 Å². The Kier molecular flexibility index (Phi) is 2.94. The van der Waals surface area contributed by atoms with Crippen molar-refractivity contribution in [2.45, 2.75) is 0 Å². The van der Waals surface area contributed by atoms with Crippen molar-refractivity contribution in [1.29, 1.82) is 0 Å². The molecule has 0 aromatic heterocycles. The Labute approximate surface area is 44.1 Å². The summed E-state index contributed by atoms with van der Waals surface area (Å²) >= 11 is 0. The zero-order valence-electron chi connectivity index (χ0n) is 4.35. The molecule has 0 aliphatic heterocycles. The molecule has 0 rings (SSSR count). The molecule has 38 valence electrons. The summed E-state index contributed by atoms with van der Waals surface area (Å²) in [5, 5.41) is 0. The summed E-state index contributed by atoms with van der Waals surface area (Å²) in [6.45, 7) is 11.0. The van der Waals surface area contributed by atoms with E-state index < -0.39 is 0 Å². The van der Waals surface area contributed by atoms with Gasteiger partial charge in [-0.1, -0.05) is 19.2 Å². The Balaban J connectivity index is 3.36. The molecule has 1 nitrogen and oxygen atoms in total. The molecule has 0 spiro atoms. The molecule has 0 N–H and O–H groups in total. The van der Waals surface area contributed by atoms with E-state index in [2.05, 4.69) is 24.9 Å². The van der Waals surface area contributed by atoms with Gasteiger partial charge in [-0.15, -0.1) is 0 Å². The van der Waals surface area contributed by atoms with Crippen LogP contribution in [0, 0.1) is 0 Å². The number of nitrogens with zero attached hydrogens (tertiary/aromatic N) is 1. The molecule has 0 amide bonds. The first kappa shape index (κ1) is 6.15. The van der Waals surface area contributed by atoms with Gasteiger partial charge in [0, 0.05) is 0 Å². The number of hydrogen-bond acceptors (Lipinski definition) is 1. The molecule has 0 heterocycles. The van der Waals surface area contributed by atoms with E-state index in [1.807, 2.05) is 0 Å². The number of aliphatic imine (C=N–C) groups is 1. The Morgan fingerprint density at radius 1 is 1.71 bits per heavy atom. The van der Waals surface area contributed by atoms with Crippen molar-refractivity contribution in [3.8, 4) is 0 Å². The van der Waals surface area contributed by atoms with E-state index in [9.17, 15) is 0 Å². The van der Waals surface area contributed by atoms with E-state index in [1.54, 1.807) is 6.08 Å². The molecule has 0 atom stereocenters. The fraction of sp³-hybridized carbons (Fsp3) is 0.167. The summed E-state index contributed by atoms with van der Waals surface area (Å²) < 4.78 is 0. The maximum atomic E-state index is 3.61. The third-order valence-corrected chi connectivity index (χ3v) is 0.604. The maximum absolute atomic E-state index is 3.61. The largest absolute Gasteiger partial charge is 0.296 e. The smallest absolute Gasteiger partial charge is 0.0626 e. The first-order valence-corrected chi connectivity index (χ1v) is 2.04. The summed E-state index contributed by atoms with van der Waals surface area (Å²) in [4.78, 5) is 3.59.